The van der Waals surface area contributed by atoms with Gasteiger partial charge in [0.25, 0.3) is 0 Å². The molecule has 2 saturated heterocycles. The first kappa shape index (κ1) is 21.9. The van der Waals surface area contributed by atoms with Crippen LogP contribution >= 0.6 is 0 Å². The second-order valence-corrected chi connectivity index (χ2v) is 8.27. The van der Waals surface area contributed by atoms with Gasteiger partial charge in [-0.2, -0.15) is 0 Å². The van der Waals surface area contributed by atoms with Gasteiger partial charge in [-0.1, -0.05) is 19.1 Å². The van der Waals surface area contributed by atoms with E-state index in [1.165, 1.54) is 31.5 Å². The number of nitrogens with zero attached hydrogens (tertiary/aromatic N) is 2. The molecular weight excluding hydrogens is 364 g/mol. The number of benzene rings is 1. The van der Waals surface area contributed by atoms with E-state index >= 15 is 0 Å². The average molecular weight is 403 g/mol. The summed E-state index contributed by atoms with van der Waals surface area (Å²) in [6.07, 6.45) is 5.03. The first-order chi connectivity index (χ1) is 14.2. The highest BCUT2D eigenvalue weighted by Crippen LogP contribution is 2.22. The summed E-state index contributed by atoms with van der Waals surface area (Å²) in [6, 6.07) is 6.39. The summed E-state index contributed by atoms with van der Waals surface area (Å²) in [4.78, 5) is 6.94. The molecule has 0 radical (unpaired) electrons. The summed E-state index contributed by atoms with van der Waals surface area (Å²) in [6.45, 7) is 11.0. The first-order valence-electron chi connectivity index (χ1n) is 11.2. The number of hydrogen-bond donors (Lipinski definition) is 2. The summed E-state index contributed by atoms with van der Waals surface area (Å²) in [5, 5.41) is 6.97. The maximum Gasteiger partial charge on any atom is 0.191 e. The molecule has 0 bridgehead atoms. The van der Waals surface area contributed by atoms with Crippen molar-refractivity contribution in [3.8, 4) is 5.75 Å². The fourth-order valence-electron chi connectivity index (χ4n) is 4.15. The maximum atomic E-state index is 6.12. The molecule has 29 heavy (non-hydrogen) atoms. The van der Waals surface area contributed by atoms with Crippen molar-refractivity contribution in [3.05, 3.63) is 29.3 Å². The molecular formula is C23H38N4O2. The van der Waals surface area contributed by atoms with Crippen LogP contribution < -0.4 is 15.4 Å². The minimum Gasteiger partial charge on any atom is -0.491 e. The van der Waals surface area contributed by atoms with Crippen molar-refractivity contribution in [2.45, 2.75) is 52.2 Å². The second-order valence-electron chi connectivity index (χ2n) is 8.27. The van der Waals surface area contributed by atoms with Gasteiger partial charge in [0.2, 0.25) is 0 Å². The highest BCUT2D eigenvalue weighted by atomic mass is 16.5. The van der Waals surface area contributed by atoms with Crippen LogP contribution in [0.5, 0.6) is 5.75 Å². The molecule has 2 heterocycles. The van der Waals surface area contributed by atoms with Crippen molar-refractivity contribution in [2.75, 3.05) is 46.4 Å². The zero-order valence-corrected chi connectivity index (χ0v) is 18.4. The molecule has 2 unspecified atom stereocenters. The summed E-state index contributed by atoms with van der Waals surface area (Å²) in [7, 11) is 1.83. The highest BCUT2D eigenvalue weighted by Gasteiger charge is 2.19. The van der Waals surface area contributed by atoms with E-state index in [9.17, 15) is 0 Å². The molecule has 0 aromatic heterocycles. The minimum atomic E-state index is 0.226. The van der Waals surface area contributed by atoms with Crippen molar-refractivity contribution in [3.63, 3.8) is 0 Å². The van der Waals surface area contributed by atoms with Gasteiger partial charge in [0.1, 0.15) is 12.4 Å². The van der Waals surface area contributed by atoms with Crippen molar-refractivity contribution in [1.82, 2.24) is 15.5 Å². The number of aliphatic imine (C=N–C) groups is 1. The van der Waals surface area contributed by atoms with Crippen molar-refractivity contribution >= 4 is 5.96 Å². The number of hydrogen-bond acceptors (Lipinski definition) is 4. The lowest BCUT2D eigenvalue weighted by Gasteiger charge is -2.32. The number of likely N-dealkylation sites (tertiary alicyclic amines) is 1. The van der Waals surface area contributed by atoms with Crippen LogP contribution in [0.3, 0.4) is 0 Å². The third kappa shape index (κ3) is 6.89. The van der Waals surface area contributed by atoms with Gasteiger partial charge in [-0.05, 0) is 63.2 Å². The summed E-state index contributed by atoms with van der Waals surface area (Å²) >= 11 is 0. The molecule has 0 amide bonds. The van der Waals surface area contributed by atoms with E-state index in [-0.39, 0.29) is 6.10 Å². The molecule has 162 valence electrons. The molecule has 2 N–H and O–H groups in total. The Morgan fingerprint density at radius 1 is 1.28 bits per heavy atom. The second kappa shape index (κ2) is 11.4. The van der Waals surface area contributed by atoms with E-state index < -0.39 is 0 Å². The molecule has 2 aliphatic rings. The first-order valence-corrected chi connectivity index (χ1v) is 11.2. The van der Waals surface area contributed by atoms with Crippen LogP contribution in [-0.2, 0) is 11.3 Å². The fourth-order valence-corrected chi connectivity index (χ4v) is 4.15. The molecule has 2 fully saturated rings. The number of piperidine rings is 1. The number of nitrogens with one attached hydrogen (secondary N) is 2. The van der Waals surface area contributed by atoms with Crippen molar-refractivity contribution in [1.29, 1.82) is 0 Å². The zero-order valence-electron chi connectivity index (χ0n) is 18.4. The van der Waals surface area contributed by atoms with Gasteiger partial charge >= 0.3 is 0 Å². The summed E-state index contributed by atoms with van der Waals surface area (Å²) in [5.41, 5.74) is 2.35. The Kier molecular flexibility index (Phi) is 8.62. The van der Waals surface area contributed by atoms with Gasteiger partial charge in [0.05, 0.1) is 6.10 Å². The Labute approximate surface area is 176 Å². The molecule has 2 aliphatic heterocycles. The molecule has 0 saturated carbocycles. The van der Waals surface area contributed by atoms with Gasteiger partial charge in [-0.3, -0.25) is 4.99 Å². The van der Waals surface area contributed by atoms with Crippen LogP contribution in [0.4, 0.5) is 0 Å². The molecule has 3 rings (SSSR count). The van der Waals surface area contributed by atoms with Gasteiger partial charge in [0, 0.05) is 38.9 Å². The number of ether oxygens (including phenoxy) is 2. The molecule has 0 aliphatic carbocycles. The van der Waals surface area contributed by atoms with E-state index in [1.54, 1.807) is 0 Å². The van der Waals surface area contributed by atoms with Crippen molar-refractivity contribution in [2.24, 2.45) is 10.9 Å². The maximum absolute atomic E-state index is 6.12. The molecule has 6 heteroatoms. The standard InChI is InChI=1S/C23H38N4O2/c1-4-27-11-5-7-19(16-27)14-25-23(24-3)26-15-20-10-9-18(2)13-22(20)29-17-21-8-6-12-28-21/h9-10,13,19,21H,4-8,11-12,14-17H2,1-3H3,(H2,24,25,26). The number of rotatable bonds is 8. The Morgan fingerprint density at radius 3 is 2.93 bits per heavy atom. The summed E-state index contributed by atoms with van der Waals surface area (Å²) < 4.78 is 11.8. The van der Waals surface area contributed by atoms with E-state index in [2.05, 4.69) is 52.6 Å². The quantitative estimate of drug-likeness (QED) is 0.517. The average Bonchev–Trinajstić information content (AvgIpc) is 3.27. The van der Waals surface area contributed by atoms with Gasteiger partial charge < -0.3 is 25.0 Å². The van der Waals surface area contributed by atoms with E-state index in [1.807, 2.05) is 7.05 Å². The largest absolute Gasteiger partial charge is 0.491 e. The van der Waals surface area contributed by atoms with Crippen LogP contribution in [0.15, 0.2) is 23.2 Å². The van der Waals surface area contributed by atoms with Gasteiger partial charge in [0.15, 0.2) is 5.96 Å². The predicted octanol–water partition coefficient (Wildman–Crippen LogP) is 2.95. The normalized spacial score (nSPS) is 23.2. The SMILES string of the molecule is CCN1CCCC(CNC(=NC)NCc2ccc(C)cc2OCC2CCCO2)C1. The number of aryl methyl sites for hydroxylation is 1. The van der Waals surface area contributed by atoms with Crippen molar-refractivity contribution < 1.29 is 9.47 Å². The monoisotopic (exact) mass is 402 g/mol. The number of guanidine groups is 1. The van der Waals surface area contributed by atoms with Gasteiger partial charge in [-0.25, -0.2) is 0 Å². The lowest BCUT2D eigenvalue weighted by Crippen LogP contribution is -2.44. The highest BCUT2D eigenvalue weighted by molar-refractivity contribution is 5.79. The molecule has 1 aromatic rings. The molecule has 6 nitrogen and oxygen atoms in total. The zero-order chi connectivity index (χ0) is 20.5. The predicted molar refractivity (Wildman–Crippen MR) is 119 cm³/mol. The smallest absolute Gasteiger partial charge is 0.191 e. The third-order valence-corrected chi connectivity index (χ3v) is 5.95. The Bertz CT molecular complexity index is 658. The van der Waals surface area contributed by atoms with Crippen LogP contribution in [0, 0.1) is 12.8 Å². The Hall–Kier alpha value is -1.79. The van der Waals surface area contributed by atoms with E-state index in [0.717, 1.165) is 49.8 Å². The van der Waals surface area contributed by atoms with Crippen LogP contribution in [0.2, 0.25) is 0 Å². The van der Waals surface area contributed by atoms with E-state index in [0.29, 0.717) is 19.1 Å². The van der Waals surface area contributed by atoms with Crippen LogP contribution in [0.1, 0.15) is 43.7 Å². The van der Waals surface area contributed by atoms with Crippen LogP contribution in [-0.4, -0.2) is 63.4 Å². The van der Waals surface area contributed by atoms with E-state index in [4.69, 9.17) is 9.47 Å². The van der Waals surface area contributed by atoms with Gasteiger partial charge in [-0.15, -0.1) is 0 Å². The lowest BCUT2D eigenvalue weighted by atomic mass is 9.98. The molecule has 1 aromatic carbocycles. The molecule has 0 spiro atoms. The Morgan fingerprint density at radius 2 is 2.17 bits per heavy atom. The fraction of sp³-hybridized carbons (Fsp3) is 0.696. The third-order valence-electron chi connectivity index (χ3n) is 5.95. The summed E-state index contributed by atoms with van der Waals surface area (Å²) in [5.74, 6) is 2.48. The topological polar surface area (TPSA) is 58.1 Å². The minimum absolute atomic E-state index is 0.226. The molecule has 2 atom stereocenters. The van der Waals surface area contributed by atoms with Crippen LogP contribution in [0.25, 0.3) is 0 Å². The lowest BCUT2D eigenvalue weighted by molar-refractivity contribution is 0.0676. The Balaban J connectivity index is 1.49.